The summed E-state index contributed by atoms with van der Waals surface area (Å²) >= 11 is 3.48. The fourth-order valence-electron chi connectivity index (χ4n) is 3.01. The van der Waals surface area contributed by atoms with Gasteiger partial charge in [-0.05, 0) is 36.4 Å². The Morgan fingerprint density at radius 3 is 2.81 bits per heavy atom. The Balaban J connectivity index is 1.68. The van der Waals surface area contributed by atoms with Gasteiger partial charge in [-0.25, -0.2) is 4.98 Å². The molecule has 1 atom stereocenters. The van der Waals surface area contributed by atoms with Gasteiger partial charge in [-0.3, -0.25) is 9.78 Å². The molecule has 7 heteroatoms. The van der Waals surface area contributed by atoms with E-state index in [0.29, 0.717) is 31.9 Å². The zero-order chi connectivity index (χ0) is 18.6. The third-order valence-corrected chi connectivity index (χ3v) is 4.86. The number of carbonyl (C=O) groups is 1. The summed E-state index contributed by atoms with van der Waals surface area (Å²) in [4.78, 5) is 21.7. The lowest BCUT2D eigenvalue weighted by Gasteiger charge is -2.23. The lowest BCUT2D eigenvalue weighted by Crippen LogP contribution is -2.39. The average molecular weight is 428 g/mol. The van der Waals surface area contributed by atoms with E-state index in [0.717, 1.165) is 26.6 Å². The summed E-state index contributed by atoms with van der Waals surface area (Å²) in [5.74, 6) is -0.162. The summed E-state index contributed by atoms with van der Waals surface area (Å²) in [6, 6.07) is 11.3. The van der Waals surface area contributed by atoms with Crippen molar-refractivity contribution in [2.75, 3.05) is 26.4 Å². The number of fused-ring (bicyclic) bond motifs is 1. The minimum absolute atomic E-state index is 0.123. The third-order valence-electron chi connectivity index (χ3n) is 4.37. The minimum atomic E-state index is -0.162. The van der Waals surface area contributed by atoms with Crippen LogP contribution in [0, 0.1) is 0 Å². The highest BCUT2D eigenvalue weighted by molar-refractivity contribution is 9.10. The van der Waals surface area contributed by atoms with E-state index in [1.54, 1.807) is 12.4 Å². The van der Waals surface area contributed by atoms with E-state index in [2.05, 4.69) is 26.2 Å². The molecule has 0 saturated carbocycles. The molecule has 6 nitrogen and oxygen atoms in total. The summed E-state index contributed by atoms with van der Waals surface area (Å²) in [6.07, 6.45) is 3.30. The number of nitrogens with zero attached hydrogens (tertiary/aromatic N) is 2. The minimum Gasteiger partial charge on any atom is -0.376 e. The Bertz CT molecular complexity index is 959. The van der Waals surface area contributed by atoms with Gasteiger partial charge in [-0.15, -0.1) is 0 Å². The summed E-state index contributed by atoms with van der Waals surface area (Å²) in [6.45, 7) is 2.05. The second-order valence-corrected chi connectivity index (χ2v) is 7.15. The first-order valence-electron chi connectivity index (χ1n) is 8.69. The number of hydrogen-bond acceptors (Lipinski definition) is 5. The Morgan fingerprint density at radius 2 is 2.04 bits per heavy atom. The number of ether oxygens (including phenoxy) is 2. The van der Waals surface area contributed by atoms with Gasteiger partial charge in [0.25, 0.3) is 5.91 Å². The Kier molecular flexibility index (Phi) is 5.42. The van der Waals surface area contributed by atoms with Gasteiger partial charge in [0.1, 0.15) is 0 Å². The topological polar surface area (TPSA) is 73.3 Å². The van der Waals surface area contributed by atoms with Crippen LogP contribution in [0.2, 0.25) is 0 Å². The molecule has 1 N–H and O–H groups in total. The number of halogens is 1. The van der Waals surface area contributed by atoms with Crippen LogP contribution >= 0.6 is 15.9 Å². The standard InChI is InChI=1S/C20H18BrN3O3/c21-14-1-2-18-16(9-14)17(10-19(24-18)13-3-5-22-6-4-13)20(25)23-11-15-12-26-7-8-27-15/h1-6,9-10,15H,7-8,11-12H2,(H,23,25). The third kappa shape index (κ3) is 4.16. The van der Waals surface area contributed by atoms with Crippen LogP contribution in [0.15, 0.2) is 53.3 Å². The Morgan fingerprint density at radius 1 is 1.19 bits per heavy atom. The van der Waals surface area contributed by atoms with Gasteiger partial charge in [0.2, 0.25) is 0 Å². The first-order chi connectivity index (χ1) is 13.2. The van der Waals surface area contributed by atoms with Gasteiger partial charge < -0.3 is 14.8 Å². The van der Waals surface area contributed by atoms with Crippen LogP contribution in [0.4, 0.5) is 0 Å². The molecule has 2 aromatic heterocycles. The van der Waals surface area contributed by atoms with Gasteiger partial charge in [0, 0.05) is 34.4 Å². The molecule has 1 saturated heterocycles. The number of pyridine rings is 2. The van der Waals surface area contributed by atoms with Crippen LogP contribution in [-0.2, 0) is 9.47 Å². The molecule has 0 radical (unpaired) electrons. The normalized spacial score (nSPS) is 17.0. The highest BCUT2D eigenvalue weighted by Gasteiger charge is 2.18. The quantitative estimate of drug-likeness (QED) is 0.691. The van der Waals surface area contributed by atoms with Crippen molar-refractivity contribution in [1.82, 2.24) is 15.3 Å². The van der Waals surface area contributed by atoms with Crippen LogP contribution in [0.25, 0.3) is 22.2 Å². The van der Waals surface area contributed by atoms with E-state index in [-0.39, 0.29) is 12.0 Å². The van der Waals surface area contributed by atoms with Gasteiger partial charge in [0.15, 0.2) is 0 Å². The van der Waals surface area contributed by atoms with Crippen molar-refractivity contribution in [3.05, 3.63) is 58.8 Å². The summed E-state index contributed by atoms with van der Waals surface area (Å²) in [5, 5.41) is 3.75. The van der Waals surface area contributed by atoms with Crippen LogP contribution in [0.5, 0.6) is 0 Å². The molecule has 3 aromatic rings. The smallest absolute Gasteiger partial charge is 0.252 e. The van der Waals surface area contributed by atoms with Gasteiger partial charge in [-0.2, -0.15) is 0 Å². The molecule has 1 aromatic carbocycles. The van der Waals surface area contributed by atoms with Gasteiger partial charge in [-0.1, -0.05) is 15.9 Å². The number of aromatic nitrogens is 2. The van der Waals surface area contributed by atoms with Crippen molar-refractivity contribution in [2.45, 2.75) is 6.10 Å². The van der Waals surface area contributed by atoms with E-state index < -0.39 is 0 Å². The zero-order valence-electron chi connectivity index (χ0n) is 14.5. The molecule has 27 heavy (non-hydrogen) atoms. The number of nitrogens with one attached hydrogen (secondary N) is 1. The average Bonchev–Trinajstić information content (AvgIpc) is 2.72. The molecule has 0 aliphatic carbocycles. The van der Waals surface area contributed by atoms with Crippen molar-refractivity contribution >= 4 is 32.7 Å². The van der Waals surface area contributed by atoms with E-state index in [1.165, 1.54) is 0 Å². The fourth-order valence-corrected chi connectivity index (χ4v) is 3.37. The molecule has 3 heterocycles. The maximum atomic E-state index is 12.9. The van der Waals surface area contributed by atoms with Crippen LogP contribution < -0.4 is 5.32 Å². The van der Waals surface area contributed by atoms with Crippen LogP contribution in [-0.4, -0.2) is 48.3 Å². The predicted octanol–water partition coefficient (Wildman–Crippen LogP) is 3.20. The lowest BCUT2D eigenvalue weighted by atomic mass is 10.0. The second kappa shape index (κ2) is 8.12. The van der Waals surface area contributed by atoms with E-state index in [1.807, 2.05) is 36.4 Å². The molecule has 1 amide bonds. The van der Waals surface area contributed by atoms with Crippen LogP contribution in [0.3, 0.4) is 0 Å². The van der Waals surface area contributed by atoms with Gasteiger partial charge in [0.05, 0.1) is 42.7 Å². The number of rotatable bonds is 4. The highest BCUT2D eigenvalue weighted by atomic mass is 79.9. The van der Waals surface area contributed by atoms with E-state index in [9.17, 15) is 4.79 Å². The number of benzene rings is 1. The fraction of sp³-hybridized carbons (Fsp3) is 0.250. The van der Waals surface area contributed by atoms with Crippen molar-refractivity contribution in [3.63, 3.8) is 0 Å². The Labute approximate surface area is 165 Å². The number of hydrogen-bond donors (Lipinski definition) is 1. The molecule has 138 valence electrons. The number of amides is 1. The van der Waals surface area contributed by atoms with E-state index >= 15 is 0 Å². The SMILES string of the molecule is O=C(NCC1COCCO1)c1cc(-c2ccncc2)nc2ccc(Br)cc12. The predicted molar refractivity (Wildman–Crippen MR) is 106 cm³/mol. The molecule has 1 aliphatic rings. The summed E-state index contributed by atoms with van der Waals surface area (Å²) in [7, 11) is 0. The van der Waals surface area contributed by atoms with E-state index in [4.69, 9.17) is 14.5 Å². The second-order valence-electron chi connectivity index (χ2n) is 6.23. The first-order valence-corrected chi connectivity index (χ1v) is 9.48. The molecule has 1 fully saturated rings. The zero-order valence-corrected chi connectivity index (χ0v) is 16.1. The highest BCUT2D eigenvalue weighted by Crippen LogP contribution is 2.27. The maximum absolute atomic E-state index is 12.9. The lowest BCUT2D eigenvalue weighted by molar-refractivity contribution is -0.0855. The monoisotopic (exact) mass is 427 g/mol. The summed E-state index contributed by atoms with van der Waals surface area (Å²) < 4.78 is 11.9. The first kappa shape index (κ1) is 18.0. The molecule has 0 bridgehead atoms. The van der Waals surface area contributed by atoms with Crippen molar-refractivity contribution < 1.29 is 14.3 Å². The van der Waals surface area contributed by atoms with Gasteiger partial charge >= 0.3 is 0 Å². The number of carbonyl (C=O) groups excluding carboxylic acids is 1. The maximum Gasteiger partial charge on any atom is 0.252 e. The molecular weight excluding hydrogens is 410 g/mol. The molecular formula is C20H18BrN3O3. The van der Waals surface area contributed by atoms with Crippen molar-refractivity contribution in [1.29, 1.82) is 0 Å². The molecule has 1 aliphatic heterocycles. The van der Waals surface area contributed by atoms with Crippen LogP contribution in [0.1, 0.15) is 10.4 Å². The summed E-state index contributed by atoms with van der Waals surface area (Å²) in [5.41, 5.74) is 2.97. The largest absolute Gasteiger partial charge is 0.376 e. The van der Waals surface area contributed by atoms with Crippen molar-refractivity contribution in [3.8, 4) is 11.3 Å². The molecule has 0 spiro atoms. The Hall–Kier alpha value is -2.35. The van der Waals surface area contributed by atoms with Crippen molar-refractivity contribution in [2.24, 2.45) is 0 Å². The molecule has 1 unspecified atom stereocenters. The molecule has 4 rings (SSSR count).